The van der Waals surface area contributed by atoms with Crippen LogP contribution in [0.1, 0.15) is 10.4 Å². The molecule has 0 fully saturated rings. The van der Waals surface area contributed by atoms with Crippen molar-refractivity contribution in [3.05, 3.63) is 65.2 Å². The zero-order chi connectivity index (χ0) is 19.9. The first-order valence-corrected chi connectivity index (χ1v) is 9.05. The van der Waals surface area contributed by atoms with Gasteiger partial charge in [-0.3, -0.25) is 4.79 Å². The maximum absolute atomic E-state index is 12.7. The number of ether oxygens (including phenoxy) is 2. The number of nitrogens with zero attached hydrogens (tertiary/aromatic N) is 1. The van der Waals surface area contributed by atoms with Crippen LogP contribution in [0.25, 0.3) is 22.2 Å². The van der Waals surface area contributed by atoms with Crippen LogP contribution < -0.4 is 5.32 Å². The van der Waals surface area contributed by atoms with E-state index in [0.29, 0.717) is 45.9 Å². The number of carbonyl (C=O) groups excluding carboxylic acids is 2. The second kappa shape index (κ2) is 9.30. The average Bonchev–Trinajstić information content (AvgIpc) is 2.71. The number of rotatable bonds is 7. The Hall–Kier alpha value is -2.96. The van der Waals surface area contributed by atoms with Gasteiger partial charge in [-0.25, -0.2) is 9.78 Å². The Bertz CT molecular complexity index is 1010. The van der Waals surface area contributed by atoms with E-state index in [1.54, 1.807) is 18.2 Å². The lowest BCUT2D eigenvalue weighted by molar-refractivity contribution is -0.124. The lowest BCUT2D eigenvalue weighted by Gasteiger charge is -2.11. The van der Waals surface area contributed by atoms with Gasteiger partial charge in [0.1, 0.15) is 0 Å². The number of para-hydroxylation sites is 1. The van der Waals surface area contributed by atoms with E-state index >= 15 is 0 Å². The minimum Gasteiger partial charge on any atom is -0.452 e. The second-order valence-corrected chi connectivity index (χ2v) is 6.38. The van der Waals surface area contributed by atoms with E-state index < -0.39 is 11.9 Å². The van der Waals surface area contributed by atoms with Crippen molar-refractivity contribution < 1.29 is 19.1 Å². The third-order valence-corrected chi connectivity index (χ3v) is 4.38. The minimum atomic E-state index is -0.603. The fourth-order valence-corrected chi connectivity index (χ4v) is 2.94. The number of nitrogens with one attached hydrogen (secondary N) is 1. The Morgan fingerprint density at radius 2 is 1.86 bits per heavy atom. The lowest BCUT2D eigenvalue weighted by atomic mass is 10.0. The molecule has 2 aromatic carbocycles. The van der Waals surface area contributed by atoms with Gasteiger partial charge in [0.05, 0.1) is 23.4 Å². The van der Waals surface area contributed by atoms with E-state index in [1.807, 2.05) is 36.4 Å². The number of methoxy groups -OCH3 is 1. The van der Waals surface area contributed by atoms with Crippen molar-refractivity contribution in [3.8, 4) is 11.3 Å². The summed E-state index contributed by atoms with van der Waals surface area (Å²) in [5.74, 6) is -0.996. The predicted molar refractivity (Wildman–Crippen MR) is 107 cm³/mol. The minimum absolute atomic E-state index is 0.324. The maximum atomic E-state index is 12.7. The largest absolute Gasteiger partial charge is 0.452 e. The molecule has 0 spiro atoms. The highest BCUT2D eigenvalue weighted by Crippen LogP contribution is 2.30. The molecule has 0 atom stereocenters. The van der Waals surface area contributed by atoms with E-state index in [2.05, 4.69) is 10.3 Å². The van der Waals surface area contributed by atoms with Crippen LogP contribution in [0.2, 0.25) is 5.02 Å². The first-order chi connectivity index (χ1) is 13.6. The van der Waals surface area contributed by atoms with Gasteiger partial charge in [0, 0.05) is 29.6 Å². The van der Waals surface area contributed by atoms with Gasteiger partial charge in [0.25, 0.3) is 5.91 Å². The van der Waals surface area contributed by atoms with Crippen LogP contribution in [0.4, 0.5) is 0 Å². The van der Waals surface area contributed by atoms with Gasteiger partial charge in [-0.05, 0) is 18.2 Å². The third-order valence-electron chi connectivity index (χ3n) is 4.05. The molecule has 0 aliphatic rings. The van der Waals surface area contributed by atoms with E-state index in [0.717, 1.165) is 0 Å². The predicted octanol–water partition coefficient (Wildman–Crippen LogP) is 3.47. The first kappa shape index (κ1) is 19.8. The smallest absolute Gasteiger partial charge is 0.339 e. The molecule has 3 rings (SSSR count). The summed E-state index contributed by atoms with van der Waals surface area (Å²) in [5.41, 5.74) is 2.23. The van der Waals surface area contributed by atoms with Crippen LogP contribution in [0.15, 0.2) is 54.6 Å². The highest BCUT2D eigenvalue weighted by atomic mass is 35.5. The van der Waals surface area contributed by atoms with Crippen molar-refractivity contribution in [1.29, 1.82) is 0 Å². The highest BCUT2D eigenvalue weighted by Gasteiger charge is 2.17. The number of esters is 1. The monoisotopic (exact) mass is 398 g/mol. The number of hydrogen-bond acceptors (Lipinski definition) is 5. The average molecular weight is 399 g/mol. The standard InChI is InChI=1S/C21H19ClN2O4/c1-27-11-10-23-20(25)13-28-21(26)16-12-19(15-7-2-4-8-17(15)22)24-18-9-5-3-6-14(16)18/h2-9,12H,10-11,13H2,1H3,(H,23,25). The molecule has 28 heavy (non-hydrogen) atoms. The van der Waals surface area contributed by atoms with Crippen LogP contribution in [-0.2, 0) is 14.3 Å². The van der Waals surface area contributed by atoms with Gasteiger partial charge in [-0.1, -0.05) is 48.0 Å². The van der Waals surface area contributed by atoms with Gasteiger partial charge < -0.3 is 14.8 Å². The van der Waals surface area contributed by atoms with Crippen molar-refractivity contribution >= 4 is 34.4 Å². The number of hydrogen-bond donors (Lipinski definition) is 1. The number of fused-ring (bicyclic) bond motifs is 1. The molecule has 1 heterocycles. The summed E-state index contributed by atoms with van der Waals surface area (Å²) in [6.45, 7) is 0.359. The molecule has 0 bridgehead atoms. The molecule has 1 aromatic heterocycles. The Labute approximate surface area is 167 Å². The molecule has 7 heteroatoms. The van der Waals surface area contributed by atoms with Crippen molar-refractivity contribution in [1.82, 2.24) is 10.3 Å². The fraction of sp³-hybridized carbons (Fsp3) is 0.190. The highest BCUT2D eigenvalue weighted by molar-refractivity contribution is 6.33. The molecule has 1 N–H and O–H groups in total. The summed E-state index contributed by atoms with van der Waals surface area (Å²) in [6.07, 6.45) is 0. The van der Waals surface area contributed by atoms with Crippen molar-refractivity contribution in [2.75, 3.05) is 26.9 Å². The van der Waals surface area contributed by atoms with E-state index in [1.165, 1.54) is 7.11 Å². The van der Waals surface area contributed by atoms with Crippen LogP contribution in [-0.4, -0.2) is 43.7 Å². The SMILES string of the molecule is COCCNC(=O)COC(=O)c1cc(-c2ccccc2Cl)nc2ccccc12. The molecule has 3 aromatic rings. The molecule has 0 aliphatic carbocycles. The molecule has 6 nitrogen and oxygen atoms in total. The van der Waals surface area contributed by atoms with Crippen LogP contribution in [0, 0.1) is 0 Å². The van der Waals surface area contributed by atoms with E-state index in [4.69, 9.17) is 21.1 Å². The van der Waals surface area contributed by atoms with Gasteiger partial charge in [0.2, 0.25) is 0 Å². The van der Waals surface area contributed by atoms with Crippen molar-refractivity contribution in [3.63, 3.8) is 0 Å². The number of amides is 1. The Morgan fingerprint density at radius 3 is 2.64 bits per heavy atom. The molecule has 0 saturated carbocycles. The summed E-state index contributed by atoms with van der Waals surface area (Å²) in [5, 5.41) is 3.77. The van der Waals surface area contributed by atoms with Gasteiger partial charge in [-0.15, -0.1) is 0 Å². The molecular formula is C21H19ClN2O4. The zero-order valence-corrected chi connectivity index (χ0v) is 16.0. The quantitative estimate of drug-likeness (QED) is 0.487. The van der Waals surface area contributed by atoms with Gasteiger partial charge >= 0.3 is 5.97 Å². The molecule has 0 radical (unpaired) electrons. The van der Waals surface area contributed by atoms with Gasteiger partial charge in [0.15, 0.2) is 6.61 Å². The number of aromatic nitrogens is 1. The molecule has 0 unspecified atom stereocenters. The van der Waals surface area contributed by atoms with Gasteiger partial charge in [-0.2, -0.15) is 0 Å². The number of pyridine rings is 1. The zero-order valence-electron chi connectivity index (χ0n) is 15.3. The van der Waals surface area contributed by atoms with Crippen LogP contribution >= 0.6 is 11.6 Å². The summed E-state index contributed by atoms with van der Waals surface area (Å²) < 4.78 is 10.1. The molecular weight excluding hydrogens is 380 g/mol. The first-order valence-electron chi connectivity index (χ1n) is 8.67. The summed E-state index contributed by atoms with van der Waals surface area (Å²) in [6, 6.07) is 16.1. The topological polar surface area (TPSA) is 77.5 Å². The maximum Gasteiger partial charge on any atom is 0.339 e. The van der Waals surface area contributed by atoms with Crippen molar-refractivity contribution in [2.24, 2.45) is 0 Å². The Kier molecular flexibility index (Phi) is 6.57. The third kappa shape index (κ3) is 4.65. The number of benzene rings is 2. The fourth-order valence-electron chi connectivity index (χ4n) is 2.70. The Morgan fingerprint density at radius 1 is 1.11 bits per heavy atom. The van der Waals surface area contributed by atoms with Crippen LogP contribution in [0.3, 0.4) is 0 Å². The van der Waals surface area contributed by atoms with E-state index in [9.17, 15) is 9.59 Å². The Balaban J connectivity index is 1.88. The molecule has 0 aliphatic heterocycles. The molecule has 1 amide bonds. The molecule has 144 valence electrons. The lowest BCUT2D eigenvalue weighted by Crippen LogP contribution is -2.31. The summed E-state index contributed by atoms with van der Waals surface area (Å²) in [4.78, 5) is 29.1. The van der Waals surface area contributed by atoms with Crippen LogP contribution in [0.5, 0.6) is 0 Å². The van der Waals surface area contributed by atoms with Crippen molar-refractivity contribution in [2.45, 2.75) is 0 Å². The summed E-state index contributed by atoms with van der Waals surface area (Å²) in [7, 11) is 1.54. The second-order valence-electron chi connectivity index (χ2n) is 5.97. The number of halogens is 1. The number of carbonyl (C=O) groups is 2. The summed E-state index contributed by atoms with van der Waals surface area (Å²) >= 11 is 6.29. The normalized spacial score (nSPS) is 10.6. The van der Waals surface area contributed by atoms with E-state index in [-0.39, 0.29) is 6.61 Å². The molecule has 0 saturated heterocycles.